The molecule has 0 bridgehead atoms. The van der Waals surface area contributed by atoms with Crippen LogP contribution in [0.25, 0.3) is 22.0 Å². The quantitative estimate of drug-likeness (QED) is 0.373. The highest BCUT2D eigenvalue weighted by atomic mass is 19.4. The van der Waals surface area contributed by atoms with Crippen LogP contribution >= 0.6 is 0 Å². The number of rotatable bonds is 6. The summed E-state index contributed by atoms with van der Waals surface area (Å²) in [5.41, 5.74) is 1.46. The molecule has 0 spiro atoms. The first-order valence-corrected chi connectivity index (χ1v) is 11.0. The van der Waals surface area contributed by atoms with Crippen molar-refractivity contribution >= 4 is 22.7 Å². The van der Waals surface area contributed by atoms with Crippen molar-refractivity contribution < 1.29 is 22.7 Å². The Bertz CT molecular complexity index is 1500. The van der Waals surface area contributed by atoms with Gasteiger partial charge in [-0.2, -0.15) is 13.2 Å². The van der Waals surface area contributed by atoms with Gasteiger partial charge in [0.15, 0.2) is 0 Å². The Labute approximate surface area is 204 Å². The maximum absolute atomic E-state index is 13.2. The fourth-order valence-corrected chi connectivity index (χ4v) is 3.84. The van der Waals surface area contributed by atoms with Crippen LogP contribution in [0, 0.1) is 6.92 Å². The third-order valence-electron chi connectivity index (χ3n) is 5.72. The molecule has 4 aromatic rings. The van der Waals surface area contributed by atoms with Gasteiger partial charge < -0.3 is 14.6 Å². The third kappa shape index (κ3) is 5.37. The average Bonchev–Trinajstić information content (AvgIpc) is 2.84. The predicted octanol–water partition coefficient (Wildman–Crippen LogP) is 5.13. The number of hydrogen-bond acceptors (Lipinski definition) is 6. The highest BCUT2D eigenvalue weighted by molar-refractivity contribution is 5.92. The van der Waals surface area contributed by atoms with E-state index in [2.05, 4.69) is 20.0 Å². The third-order valence-corrected chi connectivity index (χ3v) is 5.72. The number of nitrogens with one attached hydrogen (secondary N) is 1. The molecule has 0 aliphatic heterocycles. The number of halogens is 3. The molecule has 0 unspecified atom stereocenters. The van der Waals surface area contributed by atoms with Gasteiger partial charge in [0, 0.05) is 23.7 Å². The number of pyridine rings is 1. The van der Waals surface area contributed by atoms with E-state index in [0.29, 0.717) is 33.7 Å². The molecule has 0 radical (unpaired) electrons. The zero-order chi connectivity index (χ0) is 26.0. The zero-order valence-electron chi connectivity index (χ0n) is 19.8. The molecule has 2 aromatic carbocycles. The van der Waals surface area contributed by atoms with E-state index >= 15 is 0 Å². The number of methoxy groups -OCH3 is 1. The van der Waals surface area contributed by atoms with Crippen molar-refractivity contribution in [2.75, 3.05) is 12.4 Å². The van der Waals surface area contributed by atoms with E-state index in [1.54, 1.807) is 38.2 Å². The van der Waals surface area contributed by atoms with Crippen LogP contribution in [0.4, 0.5) is 19.0 Å². The van der Waals surface area contributed by atoms with Crippen molar-refractivity contribution in [1.82, 2.24) is 14.5 Å². The minimum Gasteiger partial charge on any atom is -0.468 e. The van der Waals surface area contributed by atoms with E-state index in [1.165, 1.54) is 23.8 Å². The molecule has 186 valence electrons. The molecule has 0 aliphatic carbocycles. The number of ether oxygens (including phenoxy) is 1. The number of carbonyl (C=O) groups is 1. The second kappa shape index (κ2) is 9.80. The molecule has 10 heteroatoms. The van der Waals surface area contributed by atoms with Gasteiger partial charge in [0.05, 0.1) is 18.2 Å². The number of fused-ring (bicyclic) bond motifs is 1. The number of benzene rings is 2. The number of alkyl halides is 3. The largest absolute Gasteiger partial charge is 0.468 e. The fraction of sp³-hybridized carbons (Fsp3) is 0.231. The fourth-order valence-electron chi connectivity index (χ4n) is 3.84. The van der Waals surface area contributed by atoms with E-state index in [1.807, 2.05) is 12.1 Å². The van der Waals surface area contributed by atoms with Gasteiger partial charge in [-0.05, 0) is 60.9 Å². The molecule has 0 saturated heterocycles. The van der Waals surface area contributed by atoms with Crippen LogP contribution in [0.5, 0.6) is 0 Å². The van der Waals surface area contributed by atoms with Crippen LogP contribution in [0.1, 0.15) is 29.9 Å². The Morgan fingerprint density at radius 3 is 2.56 bits per heavy atom. The topological polar surface area (TPSA) is 86.1 Å². The Hall–Kier alpha value is -4.21. The van der Waals surface area contributed by atoms with E-state index in [4.69, 9.17) is 0 Å². The Morgan fingerprint density at radius 2 is 1.83 bits per heavy atom. The van der Waals surface area contributed by atoms with Crippen LogP contribution in [0.3, 0.4) is 0 Å². The zero-order valence-corrected chi connectivity index (χ0v) is 19.8. The first kappa shape index (κ1) is 24.9. The second-order valence-corrected chi connectivity index (χ2v) is 8.30. The van der Waals surface area contributed by atoms with Crippen molar-refractivity contribution in [3.05, 3.63) is 88.1 Å². The molecule has 2 aromatic heterocycles. The second-order valence-electron chi connectivity index (χ2n) is 8.30. The molecule has 7 nitrogen and oxygen atoms in total. The van der Waals surface area contributed by atoms with Gasteiger partial charge in [-0.3, -0.25) is 9.59 Å². The number of nitrogens with zero attached hydrogens (tertiary/aromatic N) is 3. The minimum atomic E-state index is -4.44. The molecule has 2 heterocycles. The number of anilines is 1. The molecule has 0 aliphatic rings. The summed E-state index contributed by atoms with van der Waals surface area (Å²) in [5, 5.41) is 3.87. The SMILES string of the molecule is COC(=O)Cn1cc(-c2ccc3nc(C)nc(N[C@H](C)c4cccc(C(F)(F)F)c4)c3c2)ccc1=O. The van der Waals surface area contributed by atoms with Gasteiger partial charge in [0.1, 0.15) is 18.2 Å². The summed E-state index contributed by atoms with van der Waals surface area (Å²) < 4.78 is 45.5. The Kier molecular flexibility index (Phi) is 6.78. The summed E-state index contributed by atoms with van der Waals surface area (Å²) in [4.78, 5) is 32.8. The molecular weight excluding hydrogens is 473 g/mol. The van der Waals surface area contributed by atoms with Crippen LogP contribution in [0.2, 0.25) is 0 Å². The summed E-state index contributed by atoms with van der Waals surface area (Å²) in [6.45, 7) is 3.27. The molecule has 1 N–H and O–H groups in total. The lowest BCUT2D eigenvalue weighted by molar-refractivity contribution is -0.141. The Balaban J connectivity index is 1.72. The minimum absolute atomic E-state index is 0.222. The van der Waals surface area contributed by atoms with Crippen LogP contribution in [0.15, 0.2) is 65.6 Å². The highest BCUT2D eigenvalue weighted by Crippen LogP contribution is 2.33. The van der Waals surface area contributed by atoms with Gasteiger partial charge in [0.25, 0.3) is 5.56 Å². The monoisotopic (exact) mass is 496 g/mol. The molecule has 1 atom stereocenters. The molecule has 0 saturated carbocycles. The number of aryl methyl sites for hydroxylation is 1. The first-order valence-electron chi connectivity index (χ1n) is 11.0. The van der Waals surface area contributed by atoms with Gasteiger partial charge in [0.2, 0.25) is 0 Å². The number of hydrogen-bond donors (Lipinski definition) is 1. The summed E-state index contributed by atoms with van der Waals surface area (Å²) in [7, 11) is 1.25. The lowest BCUT2D eigenvalue weighted by Crippen LogP contribution is -2.23. The normalized spacial score (nSPS) is 12.4. The van der Waals surface area contributed by atoms with Gasteiger partial charge in [-0.15, -0.1) is 0 Å². The van der Waals surface area contributed by atoms with Crippen molar-refractivity contribution in [2.24, 2.45) is 0 Å². The number of esters is 1. The van der Waals surface area contributed by atoms with Gasteiger partial charge in [-0.25, -0.2) is 9.97 Å². The molecular formula is C26H23F3N4O3. The van der Waals surface area contributed by atoms with E-state index in [-0.39, 0.29) is 12.1 Å². The maximum Gasteiger partial charge on any atom is 0.416 e. The average molecular weight is 496 g/mol. The first-order chi connectivity index (χ1) is 17.0. The van der Waals surface area contributed by atoms with Crippen LogP contribution in [-0.4, -0.2) is 27.6 Å². The molecule has 4 rings (SSSR count). The highest BCUT2D eigenvalue weighted by Gasteiger charge is 2.30. The summed E-state index contributed by atoms with van der Waals surface area (Å²) in [6.07, 6.45) is -2.87. The van der Waals surface area contributed by atoms with E-state index in [9.17, 15) is 22.8 Å². The Morgan fingerprint density at radius 1 is 1.08 bits per heavy atom. The van der Waals surface area contributed by atoms with Crippen molar-refractivity contribution in [3.63, 3.8) is 0 Å². The van der Waals surface area contributed by atoms with E-state index in [0.717, 1.165) is 17.7 Å². The van der Waals surface area contributed by atoms with Crippen molar-refractivity contribution in [3.8, 4) is 11.1 Å². The summed E-state index contributed by atoms with van der Waals surface area (Å²) in [5.74, 6) is 0.416. The predicted molar refractivity (Wildman–Crippen MR) is 129 cm³/mol. The molecule has 0 amide bonds. The molecule has 0 fully saturated rings. The maximum atomic E-state index is 13.2. The number of carbonyl (C=O) groups excluding carboxylic acids is 1. The standard InChI is InChI=1S/C26H23F3N4O3/c1-15(17-5-4-6-20(11-17)26(27,28)29)30-25-21-12-18(7-9-22(21)31-16(2)32-25)19-8-10-23(34)33(13-19)14-24(35)36-3/h4-13,15H,14H2,1-3H3,(H,30,31,32)/t15-/m1/s1. The lowest BCUT2D eigenvalue weighted by Gasteiger charge is -2.18. The van der Waals surface area contributed by atoms with Crippen LogP contribution in [-0.2, 0) is 22.3 Å². The van der Waals surface area contributed by atoms with Gasteiger partial charge >= 0.3 is 12.1 Å². The smallest absolute Gasteiger partial charge is 0.416 e. The summed E-state index contributed by atoms with van der Waals surface area (Å²) in [6, 6.07) is 13.1. The summed E-state index contributed by atoms with van der Waals surface area (Å²) >= 11 is 0. The molecule has 36 heavy (non-hydrogen) atoms. The number of aromatic nitrogens is 3. The van der Waals surface area contributed by atoms with E-state index < -0.39 is 23.8 Å². The van der Waals surface area contributed by atoms with Gasteiger partial charge in [-0.1, -0.05) is 18.2 Å². The van der Waals surface area contributed by atoms with Crippen LogP contribution < -0.4 is 10.9 Å². The van der Waals surface area contributed by atoms with Crippen molar-refractivity contribution in [1.29, 1.82) is 0 Å². The van der Waals surface area contributed by atoms with Crippen molar-refractivity contribution in [2.45, 2.75) is 32.6 Å². The lowest BCUT2D eigenvalue weighted by atomic mass is 10.0.